The minimum absolute atomic E-state index is 0.0636. The number of carbonyl (C=O) groups excluding carboxylic acids is 2. The van der Waals surface area contributed by atoms with Crippen LogP contribution in [0.3, 0.4) is 0 Å². The fraction of sp³-hybridized carbons (Fsp3) is 0.389. The number of hydrogen-bond donors (Lipinski definition) is 2. The van der Waals surface area contributed by atoms with E-state index >= 15 is 0 Å². The molecule has 0 spiro atoms. The van der Waals surface area contributed by atoms with E-state index in [0.29, 0.717) is 24.3 Å². The largest absolute Gasteiger partial charge is 0.383 e. The van der Waals surface area contributed by atoms with Crippen LogP contribution in [-0.4, -0.2) is 50.8 Å². The number of nitrogens with one attached hydrogen (secondary N) is 1. The van der Waals surface area contributed by atoms with Crippen LogP contribution in [0, 0.1) is 6.92 Å². The van der Waals surface area contributed by atoms with Gasteiger partial charge in [-0.1, -0.05) is 18.2 Å². The smallest absolute Gasteiger partial charge is 0.251 e. The summed E-state index contributed by atoms with van der Waals surface area (Å²) >= 11 is 0. The number of carbonyl (C=O) groups is 2. The van der Waals surface area contributed by atoms with Crippen LogP contribution in [0.2, 0.25) is 0 Å². The highest BCUT2D eigenvalue weighted by atomic mass is 16.3. The predicted octanol–water partition coefficient (Wildman–Crippen LogP) is 1.49. The molecule has 7 heteroatoms. The molecule has 3 rings (SSSR count). The van der Waals surface area contributed by atoms with Crippen LogP contribution in [0.15, 0.2) is 36.5 Å². The van der Waals surface area contributed by atoms with Gasteiger partial charge in [0.2, 0.25) is 5.91 Å². The molecule has 1 aliphatic rings. The first-order chi connectivity index (χ1) is 12.0. The lowest BCUT2D eigenvalue weighted by molar-refractivity contribution is -0.141. The van der Waals surface area contributed by atoms with Crippen molar-refractivity contribution in [1.29, 1.82) is 0 Å². The molecule has 1 aliphatic heterocycles. The number of likely N-dealkylation sites (tertiary alicyclic amines) is 1. The third kappa shape index (κ3) is 4.06. The number of hydrogen-bond acceptors (Lipinski definition) is 4. The van der Waals surface area contributed by atoms with Gasteiger partial charge in [-0.25, -0.2) is 4.68 Å². The summed E-state index contributed by atoms with van der Waals surface area (Å²) in [6.07, 6.45) is 2.79. The monoisotopic (exact) mass is 342 g/mol. The van der Waals surface area contributed by atoms with Crippen molar-refractivity contribution in [3.05, 3.63) is 42.2 Å². The van der Waals surface area contributed by atoms with Crippen LogP contribution in [0.4, 0.5) is 5.69 Å². The molecule has 0 saturated carbocycles. The number of anilines is 1. The van der Waals surface area contributed by atoms with E-state index in [1.54, 1.807) is 10.9 Å². The van der Waals surface area contributed by atoms with E-state index in [0.717, 1.165) is 18.5 Å². The number of amides is 2. The van der Waals surface area contributed by atoms with Gasteiger partial charge in [-0.05, 0) is 38.3 Å². The summed E-state index contributed by atoms with van der Waals surface area (Å²) in [7, 11) is 0. The molecule has 2 amide bonds. The van der Waals surface area contributed by atoms with Crippen LogP contribution in [0.1, 0.15) is 25.0 Å². The molecular weight excluding hydrogens is 320 g/mol. The molecule has 1 atom stereocenters. The van der Waals surface area contributed by atoms with Crippen LogP contribution in [-0.2, 0) is 9.59 Å². The zero-order valence-corrected chi connectivity index (χ0v) is 14.2. The van der Waals surface area contributed by atoms with Crippen molar-refractivity contribution in [2.24, 2.45) is 0 Å². The molecule has 2 aromatic rings. The number of nitrogens with zero attached hydrogens (tertiary/aromatic N) is 3. The first kappa shape index (κ1) is 17.2. The minimum Gasteiger partial charge on any atom is -0.383 e. The van der Waals surface area contributed by atoms with Crippen LogP contribution >= 0.6 is 0 Å². The maximum absolute atomic E-state index is 12.3. The maximum atomic E-state index is 12.3. The Morgan fingerprint density at radius 3 is 2.84 bits per heavy atom. The van der Waals surface area contributed by atoms with E-state index < -0.39 is 6.10 Å². The van der Waals surface area contributed by atoms with E-state index in [1.165, 1.54) is 4.90 Å². The second-order valence-electron chi connectivity index (χ2n) is 6.23. The van der Waals surface area contributed by atoms with Crippen LogP contribution < -0.4 is 5.32 Å². The van der Waals surface area contributed by atoms with Gasteiger partial charge in [-0.2, -0.15) is 5.10 Å². The van der Waals surface area contributed by atoms with Gasteiger partial charge in [0, 0.05) is 6.54 Å². The maximum Gasteiger partial charge on any atom is 0.251 e. The van der Waals surface area contributed by atoms with Crippen molar-refractivity contribution in [3.8, 4) is 5.69 Å². The molecule has 2 heterocycles. The van der Waals surface area contributed by atoms with Crippen LogP contribution in [0.25, 0.3) is 5.69 Å². The molecule has 1 saturated heterocycles. The lowest BCUT2D eigenvalue weighted by Gasteiger charge is -2.21. The van der Waals surface area contributed by atoms with E-state index in [2.05, 4.69) is 10.4 Å². The summed E-state index contributed by atoms with van der Waals surface area (Å²) < 4.78 is 1.70. The fourth-order valence-electron chi connectivity index (χ4n) is 2.90. The van der Waals surface area contributed by atoms with E-state index in [9.17, 15) is 14.7 Å². The average Bonchev–Trinajstić information content (AvgIpc) is 2.90. The molecule has 25 heavy (non-hydrogen) atoms. The van der Waals surface area contributed by atoms with Gasteiger partial charge in [0.1, 0.15) is 6.10 Å². The van der Waals surface area contributed by atoms with Gasteiger partial charge in [0.15, 0.2) is 0 Å². The summed E-state index contributed by atoms with van der Waals surface area (Å²) in [4.78, 5) is 25.8. The second kappa shape index (κ2) is 7.48. The van der Waals surface area contributed by atoms with Crippen molar-refractivity contribution in [1.82, 2.24) is 14.7 Å². The lowest BCUT2D eigenvalue weighted by Crippen LogP contribution is -2.42. The lowest BCUT2D eigenvalue weighted by atomic mass is 10.2. The minimum atomic E-state index is -1.00. The Hall–Kier alpha value is -2.67. The number of para-hydroxylation sites is 1. The third-order valence-electron chi connectivity index (χ3n) is 4.28. The highest BCUT2D eigenvalue weighted by Gasteiger charge is 2.26. The zero-order valence-electron chi connectivity index (χ0n) is 14.2. The molecule has 1 unspecified atom stereocenters. The quantitative estimate of drug-likeness (QED) is 0.881. The molecule has 1 aromatic heterocycles. The number of aromatic nitrogens is 2. The zero-order chi connectivity index (χ0) is 17.8. The van der Waals surface area contributed by atoms with Crippen LogP contribution in [0.5, 0.6) is 0 Å². The topological polar surface area (TPSA) is 87.5 Å². The van der Waals surface area contributed by atoms with Crippen molar-refractivity contribution in [3.63, 3.8) is 0 Å². The van der Waals surface area contributed by atoms with Crippen molar-refractivity contribution >= 4 is 17.5 Å². The van der Waals surface area contributed by atoms with E-state index in [4.69, 9.17) is 0 Å². The SMILES string of the molecule is Cc1nn(-c2ccccc2)cc1NC(=O)CN1CCCCC(O)C1=O. The summed E-state index contributed by atoms with van der Waals surface area (Å²) in [5, 5.41) is 17.0. The Balaban J connectivity index is 1.67. The number of benzene rings is 1. The summed E-state index contributed by atoms with van der Waals surface area (Å²) in [5.41, 5.74) is 2.20. The summed E-state index contributed by atoms with van der Waals surface area (Å²) in [5.74, 6) is -0.664. The Labute approximate surface area is 146 Å². The van der Waals surface area contributed by atoms with Crippen molar-refractivity contribution in [2.75, 3.05) is 18.4 Å². The molecule has 2 N–H and O–H groups in total. The van der Waals surface area contributed by atoms with E-state index in [1.807, 2.05) is 37.3 Å². The predicted molar refractivity (Wildman–Crippen MR) is 93.4 cm³/mol. The number of aryl methyl sites for hydroxylation is 1. The molecule has 1 fully saturated rings. The average molecular weight is 342 g/mol. The second-order valence-corrected chi connectivity index (χ2v) is 6.23. The Morgan fingerprint density at radius 2 is 2.08 bits per heavy atom. The number of aliphatic hydroxyl groups is 1. The highest BCUT2D eigenvalue weighted by molar-refractivity contribution is 5.95. The summed E-state index contributed by atoms with van der Waals surface area (Å²) in [6.45, 7) is 2.24. The van der Waals surface area contributed by atoms with Gasteiger partial charge in [-0.3, -0.25) is 9.59 Å². The molecule has 132 valence electrons. The molecule has 0 aliphatic carbocycles. The van der Waals surface area contributed by atoms with Crippen molar-refractivity contribution in [2.45, 2.75) is 32.3 Å². The first-order valence-corrected chi connectivity index (χ1v) is 8.43. The van der Waals surface area contributed by atoms with Gasteiger partial charge in [0.05, 0.1) is 29.8 Å². The third-order valence-corrected chi connectivity index (χ3v) is 4.28. The Kier molecular flexibility index (Phi) is 5.14. The summed E-state index contributed by atoms with van der Waals surface area (Å²) in [6, 6.07) is 9.61. The highest BCUT2D eigenvalue weighted by Crippen LogP contribution is 2.17. The van der Waals surface area contributed by atoms with Crippen molar-refractivity contribution < 1.29 is 14.7 Å². The normalized spacial score (nSPS) is 18.1. The van der Waals surface area contributed by atoms with Gasteiger partial charge >= 0.3 is 0 Å². The van der Waals surface area contributed by atoms with E-state index in [-0.39, 0.29) is 18.4 Å². The molecule has 7 nitrogen and oxygen atoms in total. The van der Waals surface area contributed by atoms with Gasteiger partial charge in [-0.15, -0.1) is 0 Å². The molecule has 0 bridgehead atoms. The molecule has 1 aromatic carbocycles. The van der Waals surface area contributed by atoms with Gasteiger partial charge in [0.25, 0.3) is 5.91 Å². The Morgan fingerprint density at radius 1 is 1.32 bits per heavy atom. The first-order valence-electron chi connectivity index (χ1n) is 8.43. The standard InChI is InChI=1S/C18H22N4O3/c1-13-15(11-22(20-13)14-7-3-2-4-8-14)19-17(24)12-21-10-6-5-9-16(23)18(21)25/h2-4,7-8,11,16,23H,5-6,9-10,12H2,1H3,(H,19,24). The number of rotatable bonds is 4. The fourth-order valence-corrected chi connectivity index (χ4v) is 2.90. The molecule has 0 radical (unpaired) electrons. The number of aliphatic hydroxyl groups excluding tert-OH is 1. The van der Waals surface area contributed by atoms with Gasteiger partial charge < -0.3 is 15.3 Å². The molecular formula is C18H22N4O3. The Bertz CT molecular complexity index is 757.